The molecule has 0 spiro atoms. The Morgan fingerprint density at radius 3 is 2.62 bits per heavy atom. The highest BCUT2D eigenvalue weighted by Gasteiger charge is 2.22. The van der Waals surface area contributed by atoms with Crippen molar-refractivity contribution in [2.75, 3.05) is 7.11 Å². The number of nitrogens with one attached hydrogen (secondary N) is 1. The van der Waals surface area contributed by atoms with E-state index in [0.29, 0.717) is 12.1 Å². The summed E-state index contributed by atoms with van der Waals surface area (Å²) in [7, 11) is 1.73. The molecule has 1 N–H and O–H groups in total. The third kappa shape index (κ3) is 4.74. The molecule has 1 aliphatic carbocycles. The lowest BCUT2D eigenvalue weighted by molar-refractivity contribution is 0.335. The predicted octanol–water partition coefficient (Wildman–Crippen LogP) is 4.95. The SMILES string of the molecule is COc1cccc(C(C)NC2CCCC(C(C)C)CC2)c1. The Hall–Kier alpha value is -1.02. The Kier molecular flexibility index (Phi) is 6.10. The molecule has 2 heteroatoms. The molecule has 3 atom stereocenters. The van der Waals surface area contributed by atoms with Crippen molar-refractivity contribution in [1.82, 2.24) is 5.32 Å². The molecule has 3 unspecified atom stereocenters. The van der Waals surface area contributed by atoms with Gasteiger partial charge < -0.3 is 10.1 Å². The van der Waals surface area contributed by atoms with Gasteiger partial charge in [-0.15, -0.1) is 0 Å². The monoisotopic (exact) mass is 289 g/mol. The largest absolute Gasteiger partial charge is 0.497 e. The molecular formula is C19H31NO. The average Bonchev–Trinajstić information content (AvgIpc) is 2.73. The van der Waals surface area contributed by atoms with Crippen LogP contribution in [0.5, 0.6) is 5.75 Å². The van der Waals surface area contributed by atoms with E-state index >= 15 is 0 Å². The van der Waals surface area contributed by atoms with E-state index in [4.69, 9.17) is 4.74 Å². The summed E-state index contributed by atoms with van der Waals surface area (Å²) in [6, 6.07) is 9.47. The van der Waals surface area contributed by atoms with Crippen LogP contribution >= 0.6 is 0 Å². The second kappa shape index (κ2) is 7.84. The van der Waals surface area contributed by atoms with E-state index in [0.717, 1.165) is 17.6 Å². The lowest BCUT2D eigenvalue weighted by Crippen LogP contribution is -2.31. The van der Waals surface area contributed by atoms with Gasteiger partial charge in [0, 0.05) is 12.1 Å². The highest BCUT2D eigenvalue weighted by atomic mass is 16.5. The van der Waals surface area contributed by atoms with E-state index in [1.165, 1.54) is 37.7 Å². The molecule has 0 amide bonds. The summed E-state index contributed by atoms with van der Waals surface area (Å²) >= 11 is 0. The first-order valence-corrected chi connectivity index (χ1v) is 8.50. The van der Waals surface area contributed by atoms with Gasteiger partial charge in [-0.25, -0.2) is 0 Å². The van der Waals surface area contributed by atoms with Gasteiger partial charge in [0.15, 0.2) is 0 Å². The van der Waals surface area contributed by atoms with Crippen LogP contribution in [-0.2, 0) is 0 Å². The first-order chi connectivity index (χ1) is 10.1. The molecule has 0 saturated heterocycles. The molecule has 0 aromatic heterocycles. The van der Waals surface area contributed by atoms with Gasteiger partial charge in [-0.05, 0) is 55.7 Å². The van der Waals surface area contributed by atoms with Crippen LogP contribution in [0, 0.1) is 11.8 Å². The van der Waals surface area contributed by atoms with Crippen LogP contribution in [0.4, 0.5) is 0 Å². The first kappa shape index (κ1) is 16.4. The van der Waals surface area contributed by atoms with Crippen molar-refractivity contribution in [3.63, 3.8) is 0 Å². The highest BCUT2D eigenvalue weighted by Crippen LogP contribution is 2.30. The molecule has 0 radical (unpaired) electrons. The Balaban J connectivity index is 1.91. The fraction of sp³-hybridized carbons (Fsp3) is 0.684. The topological polar surface area (TPSA) is 21.3 Å². The average molecular weight is 289 g/mol. The van der Waals surface area contributed by atoms with E-state index in [-0.39, 0.29) is 0 Å². The van der Waals surface area contributed by atoms with Crippen LogP contribution in [-0.4, -0.2) is 13.2 Å². The summed E-state index contributed by atoms with van der Waals surface area (Å²) in [5.74, 6) is 2.70. The Bertz CT molecular complexity index is 429. The summed E-state index contributed by atoms with van der Waals surface area (Å²) in [4.78, 5) is 0. The van der Waals surface area contributed by atoms with Gasteiger partial charge in [0.05, 0.1) is 7.11 Å². The number of hydrogen-bond donors (Lipinski definition) is 1. The molecule has 2 nitrogen and oxygen atoms in total. The van der Waals surface area contributed by atoms with Crippen molar-refractivity contribution >= 4 is 0 Å². The number of ether oxygens (including phenoxy) is 1. The van der Waals surface area contributed by atoms with Crippen LogP contribution in [0.3, 0.4) is 0 Å². The maximum absolute atomic E-state index is 5.33. The quantitative estimate of drug-likeness (QED) is 0.774. The van der Waals surface area contributed by atoms with Crippen LogP contribution in [0.1, 0.15) is 64.5 Å². The Morgan fingerprint density at radius 2 is 1.90 bits per heavy atom. The van der Waals surface area contributed by atoms with Crippen molar-refractivity contribution < 1.29 is 4.74 Å². The van der Waals surface area contributed by atoms with Gasteiger partial charge in [0.25, 0.3) is 0 Å². The van der Waals surface area contributed by atoms with Crippen molar-refractivity contribution in [3.8, 4) is 5.75 Å². The molecular weight excluding hydrogens is 258 g/mol. The van der Waals surface area contributed by atoms with E-state index in [9.17, 15) is 0 Å². The van der Waals surface area contributed by atoms with Gasteiger partial charge in [0.1, 0.15) is 5.75 Å². The zero-order chi connectivity index (χ0) is 15.2. The normalized spacial score (nSPS) is 24.6. The van der Waals surface area contributed by atoms with Crippen LogP contribution in [0.15, 0.2) is 24.3 Å². The van der Waals surface area contributed by atoms with Crippen LogP contribution in [0.2, 0.25) is 0 Å². The minimum Gasteiger partial charge on any atom is -0.497 e. The molecule has 0 aliphatic heterocycles. The molecule has 1 aromatic rings. The van der Waals surface area contributed by atoms with Gasteiger partial charge in [-0.2, -0.15) is 0 Å². The Labute approximate surface area is 130 Å². The fourth-order valence-corrected chi connectivity index (χ4v) is 3.52. The molecule has 21 heavy (non-hydrogen) atoms. The highest BCUT2D eigenvalue weighted by molar-refractivity contribution is 5.30. The number of rotatable bonds is 5. The van der Waals surface area contributed by atoms with Gasteiger partial charge >= 0.3 is 0 Å². The molecule has 118 valence electrons. The molecule has 1 aromatic carbocycles. The van der Waals surface area contributed by atoms with Gasteiger partial charge in [-0.1, -0.05) is 38.8 Å². The summed E-state index contributed by atoms with van der Waals surface area (Å²) in [6.45, 7) is 7.01. The summed E-state index contributed by atoms with van der Waals surface area (Å²) in [5.41, 5.74) is 1.32. The van der Waals surface area contributed by atoms with Gasteiger partial charge in [-0.3, -0.25) is 0 Å². The maximum Gasteiger partial charge on any atom is 0.119 e. The summed E-state index contributed by atoms with van der Waals surface area (Å²) < 4.78 is 5.33. The molecule has 2 rings (SSSR count). The molecule has 0 bridgehead atoms. The zero-order valence-corrected chi connectivity index (χ0v) is 14.1. The van der Waals surface area contributed by atoms with E-state index in [1.54, 1.807) is 7.11 Å². The second-order valence-electron chi connectivity index (χ2n) is 6.87. The van der Waals surface area contributed by atoms with Crippen molar-refractivity contribution in [1.29, 1.82) is 0 Å². The van der Waals surface area contributed by atoms with Crippen molar-refractivity contribution in [2.45, 2.75) is 65.0 Å². The zero-order valence-electron chi connectivity index (χ0n) is 14.1. The lowest BCUT2D eigenvalue weighted by Gasteiger charge is -2.23. The number of benzene rings is 1. The Morgan fingerprint density at radius 1 is 1.10 bits per heavy atom. The van der Waals surface area contributed by atoms with E-state index in [2.05, 4.69) is 44.3 Å². The third-order valence-corrected chi connectivity index (χ3v) is 5.04. The smallest absolute Gasteiger partial charge is 0.119 e. The number of hydrogen-bond acceptors (Lipinski definition) is 2. The number of methoxy groups -OCH3 is 1. The molecule has 1 fully saturated rings. The molecule has 1 aliphatic rings. The van der Waals surface area contributed by atoms with Crippen LogP contribution < -0.4 is 10.1 Å². The lowest BCUT2D eigenvalue weighted by atomic mass is 9.89. The van der Waals surface area contributed by atoms with E-state index in [1.807, 2.05) is 6.07 Å². The van der Waals surface area contributed by atoms with E-state index < -0.39 is 0 Å². The summed E-state index contributed by atoms with van der Waals surface area (Å²) in [5, 5.41) is 3.83. The standard InChI is InChI=1S/C19H31NO/c1-14(2)16-7-5-9-18(12-11-16)20-15(3)17-8-6-10-19(13-17)21-4/h6,8,10,13-16,18,20H,5,7,9,11-12H2,1-4H3. The maximum atomic E-state index is 5.33. The predicted molar refractivity (Wildman–Crippen MR) is 89.7 cm³/mol. The third-order valence-electron chi connectivity index (χ3n) is 5.04. The molecule has 1 saturated carbocycles. The first-order valence-electron chi connectivity index (χ1n) is 8.50. The minimum atomic E-state index is 0.390. The minimum absolute atomic E-state index is 0.390. The summed E-state index contributed by atoms with van der Waals surface area (Å²) in [6.07, 6.45) is 6.78. The van der Waals surface area contributed by atoms with Crippen LogP contribution in [0.25, 0.3) is 0 Å². The second-order valence-corrected chi connectivity index (χ2v) is 6.87. The van der Waals surface area contributed by atoms with Gasteiger partial charge in [0.2, 0.25) is 0 Å². The van der Waals surface area contributed by atoms with Crippen molar-refractivity contribution in [3.05, 3.63) is 29.8 Å². The fourth-order valence-electron chi connectivity index (χ4n) is 3.52. The van der Waals surface area contributed by atoms with Crippen molar-refractivity contribution in [2.24, 2.45) is 11.8 Å². The molecule has 0 heterocycles.